The van der Waals surface area contributed by atoms with Gasteiger partial charge in [0.1, 0.15) is 0 Å². The zero-order valence-electron chi connectivity index (χ0n) is 18.0. The summed E-state index contributed by atoms with van der Waals surface area (Å²) in [6, 6.07) is 36.3. The molecule has 0 aliphatic rings. The van der Waals surface area contributed by atoms with E-state index in [9.17, 15) is 0 Å². The minimum Gasteiger partial charge on any atom is -0.115 e. The molecule has 0 amide bonds. The molecule has 0 heterocycles. The Morgan fingerprint density at radius 1 is 0.424 bits per heavy atom. The van der Waals surface area contributed by atoms with Crippen LogP contribution in [0, 0.1) is 47.6 Å². The summed E-state index contributed by atoms with van der Waals surface area (Å²) in [7, 11) is -2.76. The standard InChI is InChI=1S/C32H20Si/c1-3-27-15-19-29(20-16-27)23-25-33(31-11-7-5-8-12-31,32-13-9-6-10-14-32)26-24-30-21-17-28(4-2)18-22-30/h1-2,5-22H. The van der Waals surface area contributed by atoms with Gasteiger partial charge in [-0.25, -0.2) is 0 Å². The molecule has 0 atom stereocenters. The van der Waals surface area contributed by atoms with Crippen molar-refractivity contribution in [1.29, 1.82) is 0 Å². The molecule has 0 aliphatic heterocycles. The first-order valence-electron chi connectivity index (χ1n) is 10.5. The first kappa shape index (κ1) is 21.6. The molecule has 0 aromatic heterocycles. The van der Waals surface area contributed by atoms with E-state index in [4.69, 9.17) is 12.8 Å². The lowest BCUT2D eigenvalue weighted by atomic mass is 10.1. The predicted octanol–water partition coefficient (Wildman–Crippen LogP) is 4.39. The number of rotatable bonds is 2. The molecule has 0 saturated carbocycles. The Hall–Kier alpha value is -4.66. The Morgan fingerprint density at radius 2 is 0.758 bits per heavy atom. The summed E-state index contributed by atoms with van der Waals surface area (Å²) in [6.07, 6.45) is 11.0. The van der Waals surface area contributed by atoms with Crippen molar-refractivity contribution in [2.24, 2.45) is 0 Å². The van der Waals surface area contributed by atoms with E-state index < -0.39 is 8.07 Å². The SMILES string of the molecule is C#Cc1ccc(C#C[Si](C#Cc2ccc(C#C)cc2)(c2ccccc2)c2ccccc2)cc1. The molecule has 152 valence electrons. The highest BCUT2D eigenvalue weighted by Crippen LogP contribution is 2.08. The molecule has 0 N–H and O–H groups in total. The summed E-state index contributed by atoms with van der Waals surface area (Å²) in [6.45, 7) is 0. The van der Waals surface area contributed by atoms with Gasteiger partial charge in [-0.15, -0.1) is 12.8 Å². The zero-order chi connectivity index (χ0) is 22.9. The van der Waals surface area contributed by atoms with Gasteiger partial charge in [0.25, 0.3) is 8.07 Å². The van der Waals surface area contributed by atoms with Crippen LogP contribution in [0.25, 0.3) is 0 Å². The Kier molecular flexibility index (Phi) is 6.60. The summed E-state index contributed by atoms with van der Waals surface area (Å²) >= 11 is 0. The molecule has 0 aliphatic carbocycles. The van der Waals surface area contributed by atoms with E-state index in [-0.39, 0.29) is 0 Å². The van der Waals surface area contributed by atoms with Crippen LogP contribution < -0.4 is 10.4 Å². The smallest absolute Gasteiger partial charge is 0.115 e. The van der Waals surface area contributed by atoms with Gasteiger partial charge in [-0.3, -0.25) is 0 Å². The Labute approximate surface area is 197 Å². The van der Waals surface area contributed by atoms with Gasteiger partial charge in [-0.2, -0.15) is 0 Å². The third-order valence-corrected chi connectivity index (χ3v) is 8.70. The molecule has 0 unspecified atom stereocenters. The van der Waals surface area contributed by atoms with E-state index >= 15 is 0 Å². The fourth-order valence-electron chi connectivity index (χ4n) is 3.49. The average molecular weight is 433 g/mol. The lowest BCUT2D eigenvalue weighted by Crippen LogP contribution is -2.57. The van der Waals surface area contributed by atoms with Gasteiger partial charge >= 0.3 is 0 Å². The maximum atomic E-state index is 5.50. The van der Waals surface area contributed by atoms with E-state index in [1.807, 2.05) is 84.9 Å². The topological polar surface area (TPSA) is 0 Å². The lowest BCUT2D eigenvalue weighted by Gasteiger charge is -2.21. The van der Waals surface area contributed by atoms with E-state index in [0.717, 1.165) is 32.6 Å². The molecule has 33 heavy (non-hydrogen) atoms. The van der Waals surface area contributed by atoms with Crippen LogP contribution in [0.2, 0.25) is 0 Å². The molecule has 4 aromatic rings. The average Bonchev–Trinajstić information content (AvgIpc) is 2.90. The minimum atomic E-state index is -2.76. The zero-order valence-corrected chi connectivity index (χ0v) is 19.0. The molecule has 0 spiro atoms. The van der Waals surface area contributed by atoms with Crippen molar-refractivity contribution in [1.82, 2.24) is 0 Å². The maximum Gasteiger partial charge on any atom is 0.276 e. The molecule has 0 saturated heterocycles. The highest BCUT2D eigenvalue weighted by molar-refractivity contribution is 7.13. The lowest BCUT2D eigenvalue weighted by molar-refractivity contribution is 1.60. The van der Waals surface area contributed by atoms with E-state index in [0.29, 0.717) is 0 Å². The second-order valence-electron chi connectivity index (χ2n) is 7.43. The first-order chi connectivity index (χ1) is 16.2. The molecular formula is C32H20Si. The highest BCUT2D eigenvalue weighted by Gasteiger charge is 2.34. The molecule has 0 nitrogen and oxygen atoms in total. The van der Waals surface area contributed by atoms with Gasteiger partial charge in [0, 0.05) is 22.3 Å². The molecular weight excluding hydrogens is 412 g/mol. The highest BCUT2D eigenvalue weighted by atomic mass is 28.3. The van der Waals surface area contributed by atoms with Gasteiger partial charge in [0.2, 0.25) is 0 Å². The van der Waals surface area contributed by atoms with Crippen LogP contribution in [-0.2, 0) is 0 Å². The van der Waals surface area contributed by atoms with Crippen LogP contribution in [0.4, 0.5) is 0 Å². The van der Waals surface area contributed by atoms with Crippen LogP contribution in [0.5, 0.6) is 0 Å². The predicted molar refractivity (Wildman–Crippen MR) is 140 cm³/mol. The van der Waals surface area contributed by atoms with Crippen LogP contribution in [-0.4, -0.2) is 8.07 Å². The van der Waals surface area contributed by atoms with Crippen molar-refractivity contribution in [3.63, 3.8) is 0 Å². The summed E-state index contributed by atoms with van der Waals surface area (Å²) < 4.78 is 0. The Morgan fingerprint density at radius 3 is 1.09 bits per heavy atom. The molecule has 1 heteroatoms. The van der Waals surface area contributed by atoms with Crippen molar-refractivity contribution < 1.29 is 0 Å². The second kappa shape index (κ2) is 10.1. The van der Waals surface area contributed by atoms with E-state index in [1.165, 1.54) is 0 Å². The fraction of sp³-hybridized carbons (Fsp3) is 0. The molecule has 4 aromatic carbocycles. The monoisotopic (exact) mass is 432 g/mol. The van der Waals surface area contributed by atoms with Gasteiger partial charge < -0.3 is 0 Å². The molecule has 0 bridgehead atoms. The molecule has 0 fully saturated rings. The van der Waals surface area contributed by atoms with Crippen LogP contribution in [0.1, 0.15) is 22.3 Å². The molecule has 4 rings (SSSR count). The number of terminal acetylenes is 2. The number of benzene rings is 4. The normalized spacial score (nSPS) is 9.88. The Bertz CT molecular complexity index is 1320. The second-order valence-corrected chi connectivity index (χ2v) is 10.6. The van der Waals surface area contributed by atoms with Crippen LogP contribution in [0.3, 0.4) is 0 Å². The minimum absolute atomic E-state index is 0.838. The summed E-state index contributed by atoms with van der Waals surface area (Å²) in [5.41, 5.74) is 10.8. The third kappa shape index (κ3) is 4.98. The van der Waals surface area contributed by atoms with Crippen molar-refractivity contribution in [2.45, 2.75) is 0 Å². The summed E-state index contributed by atoms with van der Waals surface area (Å²) in [5.74, 6) is 12.1. The van der Waals surface area contributed by atoms with Crippen LogP contribution in [0.15, 0.2) is 109 Å². The van der Waals surface area contributed by atoms with Gasteiger partial charge in [-0.1, -0.05) is 95.4 Å². The third-order valence-electron chi connectivity index (χ3n) is 5.31. The summed E-state index contributed by atoms with van der Waals surface area (Å²) in [5, 5.41) is 2.30. The maximum absolute atomic E-state index is 5.50. The van der Waals surface area contributed by atoms with Crippen molar-refractivity contribution in [2.75, 3.05) is 0 Å². The first-order valence-corrected chi connectivity index (χ1v) is 12.5. The van der Waals surface area contributed by atoms with E-state index in [2.05, 4.69) is 59.0 Å². The van der Waals surface area contributed by atoms with Gasteiger partial charge in [0.05, 0.1) is 0 Å². The van der Waals surface area contributed by atoms with E-state index in [1.54, 1.807) is 0 Å². The fourth-order valence-corrected chi connectivity index (χ4v) is 6.52. The van der Waals surface area contributed by atoms with Crippen molar-refractivity contribution in [3.8, 4) is 47.6 Å². The van der Waals surface area contributed by atoms with Crippen molar-refractivity contribution >= 4 is 18.4 Å². The number of hydrogen-bond acceptors (Lipinski definition) is 0. The largest absolute Gasteiger partial charge is 0.276 e. The summed E-state index contributed by atoms with van der Waals surface area (Å²) in [4.78, 5) is 0. The van der Waals surface area contributed by atoms with Gasteiger partial charge in [-0.05, 0) is 58.9 Å². The quantitative estimate of drug-likeness (QED) is 0.325. The van der Waals surface area contributed by atoms with Crippen molar-refractivity contribution in [3.05, 3.63) is 131 Å². The van der Waals surface area contributed by atoms with Crippen LogP contribution >= 0.6 is 0 Å². The van der Waals surface area contributed by atoms with Gasteiger partial charge in [0.15, 0.2) is 0 Å². The number of hydrogen-bond donors (Lipinski definition) is 0. The molecule has 0 radical (unpaired) electrons. The Balaban J connectivity index is 1.92.